The van der Waals surface area contributed by atoms with Crippen LogP contribution in [0, 0.1) is 11.8 Å². The van der Waals surface area contributed by atoms with Gasteiger partial charge in [-0.3, -0.25) is 23.7 Å². The predicted molar refractivity (Wildman–Crippen MR) is 114 cm³/mol. The Bertz CT molecular complexity index is 1070. The third-order valence-electron chi connectivity index (χ3n) is 7.36. The molecular formula is C22H28F2O12S. The Morgan fingerprint density at radius 1 is 1.11 bits per heavy atom. The number of esters is 4. The summed E-state index contributed by atoms with van der Waals surface area (Å²) in [6, 6.07) is 0. The quantitative estimate of drug-likeness (QED) is 0.247. The van der Waals surface area contributed by atoms with E-state index in [2.05, 4.69) is 4.74 Å². The maximum absolute atomic E-state index is 13.5. The van der Waals surface area contributed by atoms with E-state index in [0.29, 0.717) is 19.8 Å². The van der Waals surface area contributed by atoms with Crippen LogP contribution in [-0.4, -0.2) is 78.2 Å². The van der Waals surface area contributed by atoms with E-state index in [0.717, 1.165) is 19.3 Å². The Balaban J connectivity index is 1.35. The zero-order valence-electron chi connectivity index (χ0n) is 20.1. The highest BCUT2D eigenvalue weighted by Gasteiger charge is 2.72. The SMILES string of the molecule is CC(OC(=O)CCC(=O)OC1C2OC(=O)C3C2OC1C3C(=O)OC1(C)CCCCC1)C(F)(F)S(=O)(=O)O. The van der Waals surface area contributed by atoms with Crippen LogP contribution in [-0.2, 0) is 53.0 Å². The molecule has 12 nitrogen and oxygen atoms in total. The van der Waals surface area contributed by atoms with E-state index < -0.39 is 100 Å². The van der Waals surface area contributed by atoms with Gasteiger partial charge in [-0.05, 0) is 39.5 Å². The Hall–Kier alpha value is -2.39. The summed E-state index contributed by atoms with van der Waals surface area (Å²) in [5.74, 6) is -5.56. The smallest absolute Gasteiger partial charge is 0.405 e. The van der Waals surface area contributed by atoms with Crippen molar-refractivity contribution in [3.63, 3.8) is 0 Å². The Labute approximate surface area is 211 Å². The normalized spacial score (nSPS) is 32.9. The first-order chi connectivity index (χ1) is 17.1. The van der Waals surface area contributed by atoms with Crippen molar-refractivity contribution >= 4 is 34.0 Å². The highest BCUT2D eigenvalue weighted by Crippen LogP contribution is 2.52. The summed E-state index contributed by atoms with van der Waals surface area (Å²) in [5, 5.41) is -4.75. The molecule has 0 aromatic heterocycles. The molecule has 1 aliphatic carbocycles. The van der Waals surface area contributed by atoms with Crippen LogP contribution in [0.15, 0.2) is 0 Å². The van der Waals surface area contributed by atoms with Crippen molar-refractivity contribution in [2.24, 2.45) is 11.8 Å². The van der Waals surface area contributed by atoms with E-state index in [1.807, 2.05) is 6.92 Å². The molecule has 3 aliphatic heterocycles. The van der Waals surface area contributed by atoms with E-state index in [4.69, 9.17) is 23.5 Å². The number of alkyl halides is 2. The van der Waals surface area contributed by atoms with Gasteiger partial charge in [0.2, 0.25) is 0 Å². The molecule has 4 rings (SSSR count). The van der Waals surface area contributed by atoms with Gasteiger partial charge >= 0.3 is 39.2 Å². The van der Waals surface area contributed by atoms with Crippen molar-refractivity contribution in [1.29, 1.82) is 0 Å². The molecular weight excluding hydrogens is 526 g/mol. The summed E-state index contributed by atoms with van der Waals surface area (Å²) < 4.78 is 83.6. The monoisotopic (exact) mass is 554 g/mol. The van der Waals surface area contributed by atoms with Gasteiger partial charge in [0.25, 0.3) is 0 Å². The molecule has 0 aromatic carbocycles. The van der Waals surface area contributed by atoms with Crippen LogP contribution in [0.25, 0.3) is 0 Å². The van der Waals surface area contributed by atoms with E-state index in [1.165, 1.54) is 0 Å². The van der Waals surface area contributed by atoms with E-state index in [-0.39, 0.29) is 0 Å². The van der Waals surface area contributed by atoms with Crippen LogP contribution in [0.3, 0.4) is 0 Å². The van der Waals surface area contributed by atoms with Crippen LogP contribution >= 0.6 is 0 Å². The van der Waals surface area contributed by atoms with Crippen LogP contribution in [0.2, 0.25) is 0 Å². The molecule has 7 unspecified atom stereocenters. The Morgan fingerprint density at radius 2 is 1.73 bits per heavy atom. The second-order valence-electron chi connectivity index (χ2n) is 10.1. The third kappa shape index (κ3) is 5.17. The maximum atomic E-state index is 13.5. The fourth-order valence-corrected chi connectivity index (χ4v) is 5.87. The second kappa shape index (κ2) is 9.73. The van der Waals surface area contributed by atoms with Crippen molar-refractivity contribution in [2.75, 3.05) is 0 Å². The Morgan fingerprint density at radius 3 is 2.35 bits per heavy atom. The van der Waals surface area contributed by atoms with Gasteiger partial charge in [-0.1, -0.05) is 6.42 Å². The molecule has 208 valence electrons. The summed E-state index contributed by atoms with van der Waals surface area (Å²) in [6.45, 7) is 2.39. The minimum absolute atomic E-state index is 0.564. The van der Waals surface area contributed by atoms with Crippen LogP contribution in [0.4, 0.5) is 8.78 Å². The largest absolute Gasteiger partial charge is 0.459 e. The number of hydrogen-bond donors (Lipinski definition) is 1. The number of fused-ring (bicyclic) bond motifs is 1. The van der Waals surface area contributed by atoms with Gasteiger partial charge < -0.3 is 23.7 Å². The van der Waals surface area contributed by atoms with Crippen LogP contribution < -0.4 is 0 Å². The standard InChI is InChI=1S/C22H28F2O12S/c1-10(22(23,24)37(29,30)31)32-11(25)6-7-12(26)33-17-16-14(13-15(34-16)18(17)35-19(13)27)20(28)36-21(2)8-4-3-5-9-21/h10,13-18H,3-9H2,1-2H3,(H,29,30,31). The van der Waals surface area contributed by atoms with E-state index in [9.17, 15) is 36.4 Å². The zero-order valence-corrected chi connectivity index (χ0v) is 20.9. The van der Waals surface area contributed by atoms with Gasteiger partial charge in [0.15, 0.2) is 18.3 Å². The third-order valence-corrected chi connectivity index (χ3v) is 8.38. The van der Waals surface area contributed by atoms with Gasteiger partial charge in [0.05, 0.1) is 12.8 Å². The van der Waals surface area contributed by atoms with Crippen LogP contribution in [0.5, 0.6) is 0 Å². The molecule has 7 atom stereocenters. The lowest BCUT2D eigenvalue weighted by Crippen LogP contribution is -2.49. The minimum Gasteiger partial charge on any atom is -0.459 e. The molecule has 4 fully saturated rings. The maximum Gasteiger partial charge on any atom is 0.405 e. The zero-order chi connectivity index (χ0) is 27.3. The number of carbonyl (C=O) groups excluding carboxylic acids is 4. The molecule has 0 radical (unpaired) electrons. The van der Waals surface area contributed by atoms with E-state index in [1.54, 1.807) is 0 Å². The number of rotatable bonds is 9. The molecule has 2 bridgehead atoms. The van der Waals surface area contributed by atoms with Gasteiger partial charge in [-0.25, -0.2) is 0 Å². The molecule has 3 saturated heterocycles. The lowest BCUT2D eigenvalue weighted by molar-refractivity contribution is -0.174. The van der Waals surface area contributed by atoms with Crippen molar-refractivity contribution in [1.82, 2.24) is 0 Å². The summed E-state index contributed by atoms with van der Waals surface area (Å²) in [4.78, 5) is 49.8. The molecule has 15 heteroatoms. The average molecular weight is 555 g/mol. The van der Waals surface area contributed by atoms with E-state index >= 15 is 0 Å². The first kappa shape index (κ1) is 27.6. The van der Waals surface area contributed by atoms with Crippen LogP contribution in [0.1, 0.15) is 58.8 Å². The molecule has 3 heterocycles. The molecule has 37 heavy (non-hydrogen) atoms. The number of ether oxygens (including phenoxy) is 5. The first-order valence-electron chi connectivity index (χ1n) is 12.0. The molecule has 1 saturated carbocycles. The lowest BCUT2D eigenvalue weighted by Gasteiger charge is -2.35. The second-order valence-corrected chi connectivity index (χ2v) is 11.6. The van der Waals surface area contributed by atoms with Crippen molar-refractivity contribution in [3.05, 3.63) is 0 Å². The molecule has 0 spiro atoms. The Kier molecular flexibility index (Phi) is 7.27. The summed E-state index contributed by atoms with van der Waals surface area (Å²) >= 11 is 0. The molecule has 4 aliphatic rings. The summed E-state index contributed by atoms with van der Waals surface area (Å²) in [5.41, 5.74) is -0.672. The van der Waals surface area contributed by atoms with Gasteiger partial charge in [0, 0.05) is 0 Å². The number of carbonyl (C=O) groups is 4. The predicted octanol–water partition coefficient (Wildman–Crippen LogP) is 1.30. The van der Waals surface area contributed by atoms with Crippen molar-refractivity contribution in [2.45, 2.75) is 100 Å². The van der Waals surface area contributed by atoms with Gasteiger partial charge in [-0.2, -0.15) is 17.2 Å². The van der Waals surface area contributed by atoms with Gasteiger partial charge in [-0.15, -0.1) is 0 Å². The summed E-state index contributed by atoms with van der Waals surface area (Å²) in [7, 11) is -5.83. The topological polar surface area (TPSA) is 169 Å². The van der Waals surface area contributed by atoms with Gasteiger partial charge in [0.1, 0.15) is 29.6 Å². The lowest BCUT2D eigenvalue weighted by atomic mass is 9.78. The van der Waals surface area contributed by atoms with Crippen molar-refractivity contribution < 1.29 is 64.6 Å². The number of hydrogen-bond acceptors (Lipinski definition) is 11. The highest BCUT2D eigenvalue weighted by molar-refractivity contribution is 7.86. The number of halogens is 2. The fourth-order valence-electron chi connectivity index (χ4n) is 5.40. The molecule has 0 amide bonds. The first-order valence-corrected chi connectivity index (χ1v) is 13.4. The fraction of sp³-hybridized carbons (Fsp3) is 0.818. The highest BCUT2D eigenvalue weighted by atomic mass is 32.2. The minimum atomic E-state index is -5.83. The molecule has 1 N–H and O–H groups in total. The molecule has 0 aromatic rings. The summed E-state index contributed by atoms with van der Waals surface area (Å²) in [6.07, 6.45) is -3.60. The van der Waals surface area contributed by atoms with Crippen molar-refractivity contribution in [3.8, 4) is 0 Å². The average Bonchev–Trinajstić information content (AvgIpc) is 3.41.